The van der Waals surface area contributed by atoms with E-state index in [1.54, 1.807) is 12.4 Å². The van der Waals surface area contributed by atoms with Crippen LogP contribution in [-0.4, -0.2) is 49.3 Å². The van der Waals surface area contributed by atoms with Gasteiger partial charge in [-0.25, -0.2) is 9.97 Å². The molecule has 3 rings (SSSR count). The predicted octanol–water partition coefficient (Wildman–Crippen LogP) is 1.19. The van der Waals surface area contributed by atoms with E-state index in [0.717, 1.165) is 25.1 Å². The number of aromatic amines is 1. The Bertz CT molecular complexity index is 743. The maximum atomic E-state index is 12.4. The van der Waals surface area contributed by atoms with Crippen molar-refractivity contribution >= 4 is 11.8 Å². The third kappa shape index (κ3) is 4.41. The monoisotopic (exact) mass is 357 g/mol. The van der Waals surface area contributed by atoms with Gasteiger partial charge in [0, 0.05) is 30.4 Å². The Hall–Kier alpha value is -2.84. The van der Waals surface area contributed by atoms with Gasteiger partial charge in [0.1, 0.15) is 5.82 Å². The van der Waals surface area contributed by atoms with Crippen LogP contribution in [0.5, 0.6) is 0 Å². The summed E-state index contributed by atoms with van der Waals surface area (Å²) in [7, 11) is 0. The molecular weight excluding hydrogens is 334 g/mol. The molecule has 0 radical (unpaired) electrons. The number of rotatable bonds is 5. The third-order valence-corrected chi connectivity index (χ3v) is 4.44. The van der Waals surface area contributed by atoms with Crippen LogP contribution in [0.25, 0.3) is 0 Å². The summed E-state index contributed by atoms with van der Waals surface area (Å²) in [6.45, 7) is 4.01. The minimum atomic E-state index is -0.256. The number of aromatic nitrogens is 5. The van der Waals surface area contributed by atoms with Crippen LogP contribution in [0, 0.1) is 0 Å². The zero-order valence-corrected chi connectivity index (χ0v) is 14.9. The summed E-state index contributed by atoms with van der Waals surface area (Å²) in [6, 6.07) is 0.00134. The molecule has 0 aliphatic heterocycles. The van der Waals surface area contributed by atoms with Gasteiger partial charge in [0.15, 0.2) is 5.69 Å². The van der Waals surface area contributed by atoms with Crippen molar-refractivity contribution in [2.75, 3.05) is 0 Å². The highest BCUT2D eigenvalue weighted by Crippen LogP contribution is 2.19. The van der Waals surface area contributed by atoms with Crippen LogP contribution < -0.4 is 10.6 Å². The van der Waals surface area contributed by atoms with Crippen LogP contribution in [0.3, 0.4) is 0 Å². The number of carbonyl (C=O) groups excluding carboxylic acids is 2. The van der Waals surface area contributed by atoms with Crippen molar-refractivity contribution in [3.05, 3.63) is 35.7 Å². The summed E-state index contributed by atoms with van der Waals surface area (Å²) in [5, 5.41) is 15.8. The average Bonchev–Trinajstić information content (AvgIpc) is 3.17. The molecule has 9 nitrogen and oxygen atoms in total. The number of hydrogen-bond acceptors (Lipinski definition) is 6. The molecule has 26 heavy (non-hydrogen) atoms. The molecule has 2 heterocycles. The largest absolute Gasteiger partial charge is 0.349 e. The molecule has 0 saturated heterocycles. The number of nitrogens with zero attached hydrogens (tertiary/aromatic N) is 4. The Morgan fingerprint density at radius 3 is 2.31 bits per heavy atom. The van der Waals surface area contributed by atoms with E-state index in [2.05, 4.69) is 36.0 Å². The average molecular weight is 357 g/mol. The fourth-order valence-electron chi connectivity index (χ4n) is 3.04. The van der Waals surface area contributed by atoms with Gasteiger partial charge in [-0.1, -0.05) is 13.8 Å². The smallest absolute Gasteiger partial charge is 0.273 e. The standard InChI is InChI=1S/C17H23N7O2/c1-10(2)15-18-7-11(8-19-15)16(25)21-12-4-3-5-13(6-12)22-17(26)14-9-20-24-23-14/h7-10,12-13H,3-6H2,1-2H3,(H,21,25)(H,22,26)(H,20,23,24)/t12-,13-/m1/s1. The molecule has 2 amide bonds. The van der Waals surface area contributed by atoms with Crippen molar-refractivity contribution in [2.45, 2.75) is 57.5 Å². The number of amides is 2. The van der Waals surface area contributed by atoms with E-state index in [1.165, 1.54) is 6.20 Å². The molecule has 0 spiro atoms. The van der Waals surface area contributed by atoms with E-state index in [4.69, 9.17) is 0 Å². The fourth-order valence-corrected chi connectivity index (χ4v) is 3.04. The van der Waals surface area contributed by atoms with Gasteiger partial charge in [-0.15, -0.1) is 0 Å². The zero-order valence-electron chi connectivity index (χ0n) is 14.9. The van der Waals surface area contributed by atoms with Gasteiger partial charge in [0.2, 0.25) is 0 Å². The molecule has 2 atom stereocenters. The highest BCUT2D eigenvalue weighted by atomic mass is 16.2. The minimum absolute atomic E-state index is 0.00202. The molecular formula is C17H23N7O2. The van der Waals surface area contributed by atoms with Crippen molar-refractivity contribution in [1.29, 1.82) is 0 Å². The Morgan fingerprint density at radius 2 is 1.73 bits per heavy atom. The zero-order chi connectivity index (χ0) is 18.5. The first-order chi connectivity index (χ1) is 12.5. The van der Waals surface area contributed by atoms with Crippen molar-refractivity contribution in [3.63, 3.8) is 0 Å². The topological polar surface area (TPSA) is 126 Å². The number of carbonyl (C=O) groups is 2. The molecule has 0 aromatic carbocycles. The second kappa shape index (κ2) is 8.03. The van der Waals surface area contributed by atoms with E-state index >= 15 is 0 Å². The molecule has 1 aliphatic carbocycles. The van der Waals surface area contributed by atoms with E-state index < -0.39 is 0 Å². The van der Waals surface area contributed by atoms with Gasteiger partial charge in [0.25, 0.3) is 11.8 Å². The first kappa shape index (κ1) is 18.0. The van der Waals surface area contributed by atoms with Gasteiger partial charge in [0.05, 0.1) is 11.8 Å². The number of hydrogen-bond donors (Lipinski definition) is 3. The SMILES string of the molecule is CC(C)c1ncc(C(=O)N[C@@H]2CCC[C@@H](NC(=O)c3cn[nH]n3)C2)cn1. The van der Waals surface area contributed by atoms with Crippen molar-refractivity contribution in [1.82, 2.24) is 36.0 Å². The summed E-state index contributed by atoms with van der Waals surface area (Å²) in [5.41, 5.74) is 0.710. The second-order valence-electron chi connectivity index (χ2n) is 6.85. The summed E-state index contributed by atoms with van der Waals surface area (Å²) in [6.07, 6.45) is 7.87. The third-order valence-electron chi connectivity index (χ3n) is 4.44. The maximum absolute atomic E-state index is 12.4. The first-order valence-electron chi connectivity index (χ1n) is 8.82. The lowest BCUT2D eigenvalue weighted by Gasteiger charge is -2.30. The maximum Gasteiger partial charge on any atom is 0.273 e. The molecule has 1 fully saturated rings. The lowest BCUT2D eigenvalue weighted by atomic mass is 9.90. The molecule has 2 aromatic heterocycles. The van der Waals surface area contributed by atoms with Gasteiger partial charge < -0.3 is 10.6 Å². The fraction of sp³-hybridized carbons (Fsp3) is 0.529. The van der Waals surface area contributed by atoms with Gasteiger partial charge >= 0.3 is 0 Å². The van der Waals surface area contributed by atoms with E-state index in [9.17, 15) is 9.59 Å². The Balaban J connectivity index is 1.54. The van der Waals surface area contributed by atoms with Gasteiger partial charge in [-0.3, -0.25) is 9.59 Å². The molecule has 1 aliphatic rings. The van der Waals surface area contributed by atoms with Crippen LogP contribution in [0.15, 0.2) is 18.6 Å². The van der Waals surface area contributed by atoms with Crippen molar-refractivity contribution in [3.8, 4) is 0 Å². The Kier molecular flexibility index (Phi) is 5.55. The molecule has 2 aromatic rings. The molecule has 3 N–H and O–H groups in total. The number of H-pyrrole nitrogens is 1. The highest BCUT2D eigenvalue weighted by Gasteiger charge is 2.25. The van der Waals surface area contributed by atoms with Crippen LogP contribution in [0.1, 0.15) is 72.1 Å². The molecule has 1 saturated carbocycles. The summed E-state index contributed by atoms with van der Waals surface area (Å²) < 4.78 is 0. The van der Waals surface area contributed by atoms with Crippen molar-refractivity contribution in [2.24, 2.45) is 0 Å². The molecule has 9 heteroatoms. The predicted molar refractivity (Wildman–Crippen MR) is 93.5 cm³/mol. The van der Waals surface area contributed by atoms with Gasteiger partial charge in [-0.2, -0.15) is 15.4 Å². The molecule has 0 unspecified atom stereocenters. The van der Waals surface area contributed by atoms with Crippen LogP contribution in [-0.2, 0) is 0 Å². The Morgan fingerprint density at radius 1 is 1.08 bits per heavy atom. The van der Waals surface area contributed by atoms with Crippen LogP contribution in [0.4, 0.5) is 0 Å². The minimum Gasteiger partial charge on any atom is -0.349 e. The summed E-state index contributed by atoms with van der Waals surface area (Å²) in [4.78, 5) is 32.9. The van der Waals surface area contributed by atoms with Gasteiger partial charge in [-0.05, 0) is 25.7 Å². The van der Waals surface area contributed by atoms with E-state index in [0.29, 0.717) is 12.0 Å². The lowest BCUT2D eigenvalue weighted by Crippen LogP contribution is -2.45. The first-order valence-corrected chi connectivity index (χ1v) is 8.82. The number of nitrogens with one attached hydrogen (secondary N) is 3. The highest BCUT2D eigenvalue weighted by molar-refractivity contribution is 5.94. The second-order valence-corrected chi connectivity index (χ2v) is 6.85. The van der Waals surface area contributed by atoms with E-state index in [-0.39, 0.29) is 35.5 Å². The Labute approximate surface area is 151 Å². The van der Waals surface area contributed by atoms with Crippen molar-refractivity contribution < 1.29 is 9.59 Å². The van der Waals surface area contributed by atoms with Crippen LogP contribution in [0.2, 0.25) is 0 Å². The quantitative estimate of drug-likeness (QED) is 0.738. The lowest BCUT2D eigenvalue weighted by molar-refractivity contribution is 0.0900. The van der Waals surface area contributed by atoms with Crippen LogP contribution >= 0.6 is 0 Å². The summed E-state index contributed by atoms with van der Waals surface area (Å²) in [5.74, 6) is 0.497. The van der Waals surface area contributed by atoms with E-state index in [1.807, 2.05) is 13.8 Å². The summed E-state index contributed by atoms with van der Waals surface area (Å²) >= 11 is 0. The molecule has 138 valence electrons. The molecule has 0 bridgehead atoms. The normalized spacial score (nSPS) is 20.0.